The zero-order valence-corrected chi connectivity index (χ0v) is 17.9. The molecule has 0 radical (unpaired) electrons. The Morgan fingerprint density at radius 3 is 2.41 bits per heavy atom. The third-order valence-corrected chi connectivity index (χ3v) is 6.83. The van der Waals surface area contributed by atoms with Crippen molar-refractivity contribution in [2.24, 2.45) is 0 Å². The molecule has 1 fully saturated rings. The van der Waals surface area contributed by atoms with E-state index < -0.39 is 0 Å². The van der Waals surface area contributed by atoms with Gasteiger partial charge in [-0.25, -0.2) is 0 Å². The van der Waals surface area contributed by atoms with E-state index in [1.165, 1.54) is 11.4 Å². The lowest BCUT2D eigenvalue weighted by Crippen LogP contribution is -2.47. The van der Waals surface area contributed by atoms with E-state index in [4.69, 9.17) is 0 Å². The number of benzene rings is 3. The third kappa shape index (κ3) is 3.12. The van der Waals surface area contributed by atoms with Crippen LogP contribution in [0.2, 0.25) is 0 Å². The number of aromatic amines is 1. The van der Waals surface area contributed by atoms with E-state index in [9.17, 15) is 4.79 Å². The quantitative estimate of drug-likeness (QED) is 0.469. The molecule has 0 aliphatic carbocycles. The summed E-state index contributed by atoms with van der Waals surface area (Å²) in [6.07, 6.45) is 1.95. The molecule has 3 heterocycles. The molecule has 160 valence electrons. The minimum atomic E-state index is 0.0958. The number of amides is 1. The number of piperidine rings is 1. The number of rotatable bonds is 3. The number of likely N-dealkylation sites (tertiary alicyclic amines) is 1. The molecule has 0 unspecified atom stereocenters. The Balaban J connectivity index is 1.26. The first-order chi connectivity index (χ1) is 15.8. The van der Waals surface area contributed by atoms with Crippen molar-refractivity contribution < 1.29 is 4.79 Å². The summed E-state index contributed by atoms with van der Waals surface area (Å²) < 4.78 is 0. The molecule has 3 aromatic carbocycles. The van der Waals surface area contributed by atoms with Gasteiger partial charge in [-0.3, -0.25) is 4.79 Å². The van der Waals surface area contributed by atoms with Crippen molar-refractivity contribution in [3.05, 3.63) is 84.6 Å². The van der Waals surface area contributed by atoms with Crippen molar-refractivity contribution in [1.29, 1.82) is 0 Å². The smallest absolute Gasteiger partial charge is 0.270 e. The highest BCUT2D eigenvalue weighted by atomic mass is 16.2. The predicted octanol–water partition coefficient (Wildman–Crippen LogP) is 5.33. The molecule has 1 aromatic heterocycles. The number of nitrogens with one attached hydrogen (secondary N) is 2. The maximum Gasteiger partial charge on any atom is 0.270 e. The first-order valence-electron chi connectivity index (χ1n) is 11.3. The van der Waals surface area contributed by atoms with E-state index in [-0.39, 0.29) is 5.91 Å². The Hall–Kier alpha value is -3.73. The van der Waals surface area contributed by atoms with E-state index >= 15 is 0 Å². The van der Waals surface area contributed by atoms with Crippen LogP contribution in [-0.4, -0.2) is 41.6 Å². The number of carbonyl (C=O) groups is 1. The van der Waals surface area contributed by atoms with Gasteiger partial charge in [-0.2, -0.15) is 0 Å². The molecule has 6 rings (SSSR count). The standard InChI is InChI=1S/C27H26N4O/c32-27(26-25(19-8-2-1-3-9-19)21-10-4-5-11-22(21)29-26)30-16-14-20(15-17-30)31-18-28-23-12-6-7-13-24(23)31/h1-13,20,28-29H,14-18H2. The molecular weight excluding hydrogens is 396 g/mol. The van der Waals surface area contributed by atoms with Crippen molar-refractivity contribution in [3.63, 3.8) is 0 Å². The first kappa shape index (κ1) is 19.0. The molecule has 0 saturated carbocycles. The van der Waals surface area contributed by atoms with Gasteiger partial charge < -0.3 is 20.1 Å². The number of fused-ring (bicyclic) bond motifs is 2. The van der Waals surface area contributed by atoms with E-state index in [0.717, 1.165) is 54.6 Å². The molecule has 1 saturated heterocycles. The Labute approximate surface area is 187 Å². The van der Waals surface area contributed by atoms with Crippen LogP contribution in [0.25, 0.3) is 22.0 Å². The molecule has 2 aliphatic heterocycles. The van der Waals surface area contributed by atoms with Gasteiger partial charge in [-0.1, -0.05) is 60.7 Å². The van der Waals surface area contributed by atoms with Crippen LogP contribution >= 0.6 is 0 Å². The van der Waals surface area contributed by atoms with Gasteiger partial charge in [-0.15, -0.1) is 0 Å². The topological polar surface area (TPSA) is 51.4 Å². The summed E-state index contributed by atoms with van der Waals surface area (Å²) in [5.74, 6) is 0.0958. The molecule has 1 amide bonds. The summed E-state index contributed by atoms with van der Waals surface area (Å²) in [6.45, 7) is 2.38. The van der Waals surface area contributed by atoms with Gasteiger partial charge in [-0.05, 0) is 36.6 Å². The highest BCUT2D eigenvalue weighted by molar-refractivity contribution is 6.09. The van der Waals surface area contributed by atoms with Gasteiger partial charge in [0.15, 0.2) is 0 Å². The zero-order valence-electron chi connectivity index (χ0n) is 17.9. The number of carbonyl (C=O) groups excluding carboxylic acids is 1. The van der Waals surface area contributed by atoms with Crippen LogP contribution in [0.3, 0.4) is 0 Å². The van der Waals surface area contributed by atoms with Crippen molar-refractivity contribution in [2.45, 2.75) is 18.9 Å². The van der Waals surface area contributed by atoms with Crippen LogP contribution in [0, 0.1) is 0 Å². The summed E-state index contributed by atoms with van der Waals surface area (Å²) in [6, 6.07) is 27.3. The van der Waals surface area contributed by atoms with Gasteiger partial charge in [0, 0.05) is 35.6 Å². The van der Waals surface area contributed by atoms with Crippen molar-refractivity contribution in [2.75, 3.05) is 30.0 Å². The van der Waals surface area contributed by atoms with E-state index in [0.29, 0.717) is 11.7 Å². The molecule has 0 spiro atoms. The molecule has 0 atom stereocenters. The van der Waals surface area contributed by atoms with E-state index in [1.54, 1.807) is 0 Å². The van der Waals surface area contributed by atoms with Crippen LogP contribution in [0.4, 0.5) is 11.4 Å². The van der Waals surface area contributed by atoms with Gasteiger partial charge in [0.05, 0.1) is 18.0 Å². The van der Waals surface area contributed by atoms with Crippen molar-refractivity contribution in [1.82, 2.24) is 9.88 Å². The molecule has 5 heteroatoms. The van der Waals surface area contributed by atoms with E-state index in [1.807, 2.05) is 41.3 Å². The normalized spacial score (nSPS) is 16.2. The van der Waals surface area contributed by atoms with Gasteiger partial charge in [0.25, 0.3) is 5.91 Å². The van der Waals surface area contributed by atoms with Crippen LogP contribution in [0.1, 0.15) is 23.3 Å². The monoisotopic (exact) mass is 422 g/mol. The Morgan fingerprint density at radius 2 is 1.56 bits per heavy atom. The van der Waals surface area contributed by atoms with Crippen LogP contribution in [0.5, 0.6) is 0 Å². The lowest BCUT2D eigenvalue weighted by molar-refractivity contribution is 0.0708. The minimum absolute atomic E-state index is 0.0958. The third-order valence-electron chi connectivity index (χ3n) is 6.83. The Morgan fingerprint density at radius 1 is 0.844 bits per heavy atom. The number of nitrogens with zero attached hydrogens (tertiary/aromatic N) is 2. The molecule has 4 aromatic rings. The van der Waals surface area contributed by atoms with Gasteiger partial charge in [0.1, 0.15) is 5.69 Å². The number of H-pyrrole nitrogens is 1. The average molecular weight is 423 g/mol. The molecular formula is C27H26N4O. The number of hydrogen-bond acceptors (Lipinski definition) is 3. The second-order valence-electron chi connectivity index (χ2n) is 8.63. The molecule has 0 bridgehead atoms. The summed E-state index contributed by atoms with van der Waals surface area (Å²) in [7, 11) is 0. The zero-order chi connectivity index (χ0) is 21.5. The number of anilines is 2. The number of hydrogen-bond donors (Lipinski definition) is 2. The fourth-order valence-electron chi connectivity index (χ4n) is 5.20. The maximum absolute atomic E-state index is 13.7. The largest absolute Gasteiger partial charge is 0.366 e. The molecule has 5 nitrogen and oxygen atoms in total. The fourth-order valence-corrected chi connectivity index (χ4v) is 5.20. The Kier molecular flexibility index (Phi) is 4.60. The Bertz CT molecular complexity index is 1270. The SMILES string of the molecule is O=C(c1[nH]c2ccccc2c1-c1ccccc1)N1CCC(N2CNc3ccccc32)CC1. The van der Waals surface area contributed by atoms with E-state index in [2.05, 4.69) is 57.7 Å². The van der Waals surface area contributed by atoms with Gasteiger partial charge >= 0.3 is 0 Å². The van der Waals surface area contributed by atoms with Crippen LogP contribution in [0.15, 0.2) is 78.9 Å². The predicted molar refractivity (Wildman–Crippen MR) is 130 cm³/mol. The minimum Gasteiger partial charge on any atom is -0.366 e. The summed E-state index contributed by atoms with van der Waals surface area (Å²) in [4.78, 5) is 21.6. The first-order valence-corrected chi connectivity index (χ1v) is 11.3. The summed E-state index contributed by atoms with van der Waals surface area (Å²) in [5.41, 5.74) is 6.26. The maximum atomic E-state index is 13.7. The summed E-state index contributed by atoms with van der Waals surface area (Å²) >= 11 is 0. The lowest BCUT2D eigenvalue weighted by Gasteiger charge is -2.37. The highest BCUT2D eigenvalue weighted by Crippen LogP contribution is 2.36. The highest BCUT2D eigenvalue weighted by Gasteiger charge is 2.32. The van der Waals surface area contributed by atoms with Crippen molar-refractivity contribution in [3.8, 4) is 11.1 Å². The number of para-hydroxylation sites is 3. The van der Waals surface area contributed by atoms with Gasteiger partial charge in [0.2, 0.25) is 0 Å². The molecule has 32 heavy (non-hydrogen) atoms. The van der Waals surface area contributed by atoms with Crippen LogP contribution < -0.4 is 10.2 Å². The average Bonchev–Trinajstić information content (AvgIpc) is 3.46. The molecule has 2 aliphatic rings. The second-order valence-corrected chi connectivity index (χ2v) is 8.63. The number of aromatic nitrogens is 1. The molecule has 2 N–H and O–H groups in total. The fraction of sp³-hybridized carbons (Fsp3) is 0.222. The second kappa shape index (κ2) is 7.75. The summed E-state index contributed by atoms with van der Waals surface area (Å²) in [5, 5.41) is 4.58. The van der Waals surface area contributed by atoms with Crippen molar-refractivity contribution >= 4 is 28.2 Å². The lowest BCUT2D eigenvalue weighted by atomic mass is 9.99. The van der Waals surface area contributed by atoms with Crippen LogP contribution in [-0.2, 0) is 0 Å².